The first-order valence-corrected chi connectivity index (χ1v) is 34.7. The largest absolute Gasteiger partial charge is 0.480 e. The van der Waals surface area contributed by atoms with Crippen LogP contribution in [0.3, 0.4) is 0 Å². The van der Waals surface area contributed by atoms with Crippen molar-refractivity contribution in [1.82, 2.24) is 71.5 Å². The van der Waals surface area contributed by atoms with Gasteiger partial charge in [0.15, 0.2) is 0 Å². The molecular weight excluding hydrogens is 1290 g/mol. The molecule has 4 saturated heterocycles. The maximum absolute atomic E-state index is 13.9. The van der Waals surface area contributed by atoms with Crippen molar-refractivity contribution >= 4 is 112 Å². The number of sulfonamides is 2. The predicted octanol–water partition coefficient (Wildman–Crippen LogP) is 1.95. The van der Waals surface area contributed by atoms with E-state index in [2.05, 4.69) is 59.8 Å². The van der Waals surface area contributed by atoms with Crippen LogP contribution < -0.4 is 56.1 Å². The summed E-state index contributed by atoms with van der Waals surface area (Å²) < 4.78 is 66.7. The summed E-state index contributed by atoms with van der Waals surface area (Å²) in [7, 11) is -7.60. The van der Waals surface area contributed by atoms with Gasteiger partial charge in [-0.25, -0.2) is 51.2 Å². The zero-order valence-electron chi connectivity index (χ0n) is 49.4. The molecule has 4 saturated carbocycles. The van der Waals surface area contributed by atoms with Crippen LogP contribution in [0.15, 0.2) is 109 Å². The summed E-state index contributed by atoms with van der Waals surface area (Å²) in [4.78, 5) is 121. The van der Waals surface area contributed by atoms with Gasteiger partial charge in [0.25, 0.3) is 11.8 Å². The fourth-order valence-electron chi connectivity index (χ4n) is 11.4. The van der Waals surface area contributed by atoms with Crippen LogP contribution in [0.4, 0.5) is 9.59 Å². The number of carboxylic acid groups (broad SMARTS) is 1. The van der Waals surface area contributed by atoms with E-state index in [-0.39, 0.29) is 56.3 Å². The molecule has 6 aromatic rings. The predicted molar refractivity (Wildman–Crippen MR) is 338 cm³/mol. The van der Waals surface area contributed by atoms with Crippen molar-refractivity contribution in [1.29, 1.82) is 0 Å². The van der Waals surface area contributed by atoms with E-state index in [0.717, 1.165) is 15.3 Å². The lowest BCUT2D eigenvalue weighted by Crippen LogP contribution is -2.58. The van der Waals surface area contributed by atoms with Gasteiger partial charge in [-0.2, -0.15) is 0 Å². The lowest BCUT2D eigenvalue weighted by Gasteiger charge is -2.28. The molecule has 8 fully saturated rings. The van der Waals surface area contributed by atoms with Crippen LogP contribution in [0.5, 0.6) is 11.8 Å². The molecule has 29 nitrogen and oxygen atoms in total. The Hall–Kier alpha value is -9.18. The van der Waals surface area contributed by atoms with E-state index in [1.54, 1.807) is 6.08 Å². The number of nitrogens with zero attached hydrogens (tertiary/aromatic N) is 5. The van der Waals surface area contributed by atoms with Gasteiger partial charge in [0.1, 0.15) is 52.8 Å². The molecule has 0 unspecified atom stereocenters. The van der Waals surface area contributed by atoms with Crippen LogP contribution in [-0.4, -0.2) is 178 Å². The Bertz CT molecular complexity index is 4230. The van der Waals surface area contributed by atoms with Gasteiger partial charge in [0.05, 0.1) is 61.5 Å². The second-order valence-corrected chi connectivity index (χ2v) is 29.4. The second-order valence-electron chi connectivity index (χ2n) is 23.6. The molecular formula is C60H64N14O15S4. The Kier molecular flexibility index (Phi) is 17.7. The fraction of sp³-hybridized carbons (Fsp3) is 0.400. The number of para-hydroxylation sites is 4. The number of carboxylic acids is 1. The van der Waals surface area contributed by atoms with Gasteiger partial charge in [0.2, 0.25) is 49.5 Å². The molecule has 93 heavy (non-hydrogen) atoms. The Labute approximate surface area is 539 Å². The standard InChI is InChI=1S/C30H31N7O7S2.C26H27N5O5S2.C4H6N2O3/c1-2-16-13-30(16,28(40)36-46(42,43)18-9-10-18)35-25(38)22-12-17(15-37(22)27(39)21-14-31-29(41)34-21)44-26-24(23-8-5-11-45-23)32-19-6-3-4-7-20(19)33-26;1-2-15-13-26(15,25(33)31-38(34,35)17-9-10-17)30-23(32)20-12-16(14-27-20)36-24-22(21-8-5-11-37-21)28-18-6-3-4-7-19(18)29-24;7-3(8)2-1-5-4(9)6-2/h2-8,11,16-18,21-22H,1,9-10,12-15H2,(H,35,38)(H,36,40)(H2,31,34,41);2-8,11,15-17,20,27H,1,9-10,12-14H2,(H,30,32)(H,31,33);2H,1H2,(H,7,8)(H2,5,6,9)/t16-,17-,21+,22+,30-;15-,16-,20+,26-;2-/m110/s1. The highest BCUT2D eigenvalue weighted by molar-refractivity contribution is 7.91. The Balaban J connectivity index is 0.000000160. The van der Waals surface area contributed by atoms with Crippen molar-refractivity contribution in [2.24, 2.45) is 11.8 Å². The van der Waals surface area contributed by atoms with Gasteiger partial charge in [-0.3, -0.25) is 33.4 Å². The number of ether oxygens (including phenoxy) is 2. The number of fused-ring (bicyclic) bond motifs is 2. The molecule has 8 aliphatic rings. The van der Waals surface area contributed by atoms with Gasteiger partial charge in [0, 0.05) is 37.8 Å². The molecule has 0 bridgehead atoms. The molecule has 0 spiro atoms. The number of rotatable bonds is 20. The number of amides is 9. The van der Waals surface area contributed by atoms with Crippen LogP contribution in [0.1, 0.15) is 51.4 Å². The lowest BCUT2D eigenvalue weighted by atomic mass is 10.1. The fourth-order valence-corrected chi connectivity index (χ4v) is 15.6. The minimum Gasteiger partial charge on any atom is -0.480 e. The van der Waals surface area contributed by atoms with Crippen LogP contribution in [0.2, 0.25) is 0 Å². The molecule has 4 aromatic heterocycles. The molecule has 8 heterocycles. The molecule has 4 aliphatic heterocycles. The van der Waals surface area contributed by atoms with E-state index < -0.39 is 119 Å². The number of hydrogen-bond acceptors (Lipinski definition) is 21. The van der Waals surface area contributed by atoms with Crippen molar-refractivity contribution in [3.05, 3.63) is 109 Å². The van der Waals surface area contributed by atoms with Crippen molar-refractivity contribution in [3.63, 3.8) is 0 Å². The molecule has 0 radical (unpaired) electrons. The van der Waals surface area contributed by atoms with Gasteiger partial charge < -0.3 is 56.7 Å². The third-order valence-corrected chi connectivity index (χ3v) is 22.4. The molecule has 4 aliphatic carbocycles. The first-order valence-electron chi connectivity index (χ1n) is 29.9. The van der Waals surface area contributed by atoms with Crippen molar-refractivity contribution in [3.8, 4) is 32.9 Å². The molecule has 10 atom stereocenters. The first kappa shape index (κ1) is 63.9. The smallest absolute Gasteiger partial charge is 0.328 e. The number of thiophene rings is 2. The van der Waals surface area contributed by atoms with Gasteiger partial charge in [-0.05, 0) is 85.7 Å². The molecule has 9 amide bonds. The topological polar surface area (TPSA) is 407 Å². The Morgan fingerprint density at radius 1 is 0.602 bits per heavy atom. The molecule has 488 valence electrons. The SMILES string of the molecule is C=C[C@@H]1C[C@]1(NC(=O)[C@@H]1C[C@@H](Oc2nc3ccccc3nc2-c2cccs2)CN1)C(=O)NS(=O)(=O)C1CC1.C=C[C@@H]1C[C@]1(NC(=O)[C@@H]1C[C@@H](Oc2nc3ccccc3nc2-c2cccs2)CN1C(=O)[C@@H]1CNC(=O)N1)C(=O)NS(=O)(=O)C1CC1.O=C1NC[C@@H](C(=O)O)N1. The average molecular weight is 1350 g/mol. The zero-order chi connectivity index (χ0) is 65.6. The first-order chi connectivity index (χ1) is 44.6. The number of benzene rings is 2. The third kappa shape index (κ3) is 13.8. The van der Waals surface area contributed by atoms with Crippen LogP contribution >= 0.6 is 22.7 Å². The number of carbonyl (C=O) groups excluding carboxylic acids is 7. The highest BCUT2D eigenvalue weighted by Gasteiger charge is 2.63. The highest BCUT2D eigenvalue weighted by Crippen LogP contribution is 2.47. The molecule has 14 rings (SSSR count). The number of aromatic nitrogens is 4. The van der Waals surface area contributed by atoms with Gasteiger partial charge in [-0.1, -0.05) is 48.6 Å². The number of urea groups is 2. The number of likely N-dealkylation sites (tertiary alicyclic amines) is 1. The summed E-state index contributed by atoms with van der Waals surface area (Å²) in [6.07, 6.45) is 4.88. The quantitative estimate of drug-likeness (QED) is 0.0488. The van der Waals surface area contributed by atoms with E-state index in [9.17, 15) is 55.2 Å². The van der Waals surface area contributed by atoms with E-state index >= 15 is 0 Å². The van der Waals surface area contributed by atoms with E-state index in [0.29, 0.717) is 78.9 Å². The molecule has 33 heteroatoms. The minimum atomic E-state index is -3.87. The highest BCUT2D eigenvalue weighted by atomic mass is 32.2. The Morgan fingerprint density at radius 2 is 1.06 bits per heavy atom. The minimum absolute atomic E-state index is 0.0121. The van der Waals surface area contributed by atoms with Crippen LogP contribution in [0.25, 0.3) is 43.2 Å². The van der Waals surface area contributed by atoms with Crippen molar-refractivity contribution in [2.75, 3.05) is 26.2 Å². The monoisotopic (exact) mass is 1350 g/mol. The average Bonchev–Trinajstić information content (AvgIpc) is 1.46. The lowest BCUT2D eigenvalue weighted by molar-refractivity contribution is -0.140. The van der Waals surface area contributed by atoms with Gasteiger partial charge in [-0.15, -0.1) is 35.8 Å². The summed E-state index contributed by atoms with van der Waals surface area (Å²) in [6, 6.07) is 18.3. The zero-order valence-corrected chi connectivity index (χ0v) is 52.7. The summed E-state index contributed by atoms with van der Waals surface area (Å²) in [5, 5.41) is 29.3. The number of aliphatic carboxylic acids is 1. The Morgan fingerprint density at radius 3 is 1.47 bits per heavy atom. The third-order valence-electron chi connectivity index (χ3n) is 17.0. The number of nitrogens with one attached hydrogen (secondary N) is 9. The maximum atomic E-state index is 13.9. The van der Waals surface area contributed by atoms with E-state index in [4.69, 9.17) is 34.5 Å². The number of hydrogen-bond donors (Lipinski definition) is 10. The van der Waals surface area contributed by atoms with Crippen LogP contribution in [0, 0.1) is 11.8 Å². The van der Waals surface area contributed by atoms with Gasteiger partial charge >= 0.3 is 18.0 Å². The summed E-state index contributed by atoms with van der Waals surface area (Å²) in [5.74, 6) is -4.28. The maximum Gasteiger partial charge on any atom is 0.328 e. The molecule has 2 aromatic carbocycles. The molecule has 10 N–H and O–H groups in total. The van der Waals surface area contributed by atoms with Crippen molar-refractivity contribution in [2.45, 2.75) is 109 Å². The summed E-state index contributed by atoms with van der Waals surface area (Å²) >= 11 is 3.00. The van der Waals surface area contributed by atoms with Crippen molar-refractivity contribution < 1.29 is 69.8 Å². The number of carbonyl (C=O) groups is 8. The van der Waals surface area contributed by atoms with Crippen LogP contribution in [-0.2, 0) is 48.8 Å². The van der Waals surface area contributed by atoms with E-state index in [1.165, 1.54) is 33.6 Å². The second kappa shape index (κ2) is 25.7. The van der Waals surface area contributed by atoms with E-state index in [1.807, 2.05) is 83.6 Å². The normalized spacial score (nSPS) is 26.6. The summed E-state index contributed by atoms with van der Waals surface area (Å²) in [5.41, 5.74) is 1.09. The summed E-state index contributed by atoms with van der Waals surface area (Å²) in [6.45, 7) is 8.07.